The Kier molecular flexibility index (Phi) is 5.69. The van der Waals surface area contributed by atoms with E-state index in [-0.39, 0.29) is 22.9 Å². The average molecular weight is 374 g/mol. The maximum absolute atomic E-state index is 12.4. The summed E-state index contributed by atoms with van der Waals surface area (Å²) in [5.74, 6) is -0.261. The molecule has 0 fully saturated rings. The fourth-order valence-electron chi connectivity index (χ4n) is 2.19. The van der Waals surface area contributed by atoms with Crippen molar-refractivity contribution in [1.29, 1.82) is 0 Å². The molecule has 0 aliphatic heterocycles. The lowest BCUT2D eigenvalue weighted by molar-refractivity contribution is -0.154. The van der Waals surface area contributed by atoms with Crippen LogP contribution in [-0.2, 0) is 16.6 Å². The Labute approximate surface area is 143 Å². The summed E-state index contributed by atoms with van der Waals surface area (Å²) < 4.78 is 68.7. The number of hydrogen-bond donors (Lipinski definition) is 1. The van der Waals surface area contributed by atoms with E-state index in [9.17, 15) is 21.6 Å². The summed E-state index contributed by atoms with van der Waals surface area (Å²) in [5.41, 5.74) is 1.71. The predicted octanol–water partition coefficient (Wildman–Crippen LogP) is 3.12. The van der Waals surface area contributed by atoms with Gasteiger partial charge in [0, 0.05) is 18.3 Å². The molecule has 0 bridgehead atoms. The molecular weight excluding hydrogens is 357 g/mol. The first-order valence-electron chi connectivity index (χ1n) is 7.29. The quantitative estimate of drug-likeness (QED) is 0.844. The zero-order valence-electron chi connectivity index (χ0n) is 13.6. The first-order valence-corrected chi connectivity index (χ1v) is 8.77. The van der Waals surface area contributed by atoms with Gasteiger partial charge in [0.2, 0.25) is 15.9 Å². The van der Waals surface area contributed by atoms with Crippen LogP contribution in [0.25, 0.3) is 0 Å². The zero-order chi connectivity index (χ0) is 18.7. The van der Waals surface area contributed by atoms with Gasteiger partial charge in [-0.2, -0.15) is 13.2 Å². The first kappa shape index (κ1) is 19.2. The van der Waals surface area contributed by atoms with E-state index in [2.05, 4.69) is 14.4 Å². The van der Waals surface area contributed by atoms with Gasteiger partial charge in [-0.3, -0.25) is 0 Å². The van der Waals surface area contributed by atoms with E-state index < -0.39 is 22.8 Å². The van der Waals surface area contributed by atoms with E-state index in [4.69, 9.17) is 0 Å². The summed E-state index contributed by atoms with van der Waals surface area (Å²) in [6.45, 7) is 1.78. The summed E-state index contributed by atoms with van der Waals surface area (Å²) in [6, 6.07) is 7.82. The van der Waals surface area contributed by atoms with E-state index in [1.165, 1.54) is 24.4 Å². The molecule has 25 heavy (non-hydrogen) atoms. The van der Waals surface area contributed by atoms with E-state index in [0.29, 0.717) is 5.56 Å². The van der Waals surface area contributed by atoms with E-state index >= 15 is 0 Å². The lowest BCUT2D eigenvalue weighted by Gasteiger charge is -2.13. The lowest BCUT2D eigenvalue weighted by atomic mass is 10.2. The normalized spacial score (nSPS) is 12.2. The van der Waals surface area contributed by atoms with Crippen molar-refractivity contribution >= 4 is 10.0 Å². The lowest BCUT2D eigenvalue weighted by Crippen LogP contribution is -2.25. The second kappa shape index (κ2) is 7.40. The molecule has 136 valence electrons. The molecule has 1 aromatic heterocycles. The second-order valence-electron chi connectivity index (χ2n) is 5.47. The minimum absolute atomic E-state index is 0.111. The number of aromatic nitrogens is 1. The number of nitrogens with zero attached hydrogens (tertiary/aromatic N) is 1. The number of benzene rings is 1. The molecule has 0 atom stereocenters. The minimum atomic E-state index is -4.51. The van der Waals surface area contributed by atoms with Crippen LogP contribution < -0.4 is 9.46 Å². The Morgan fingerprint density at radius 3 is 2.56 bits per heavy atom. The number of pyridine rings is 1. The third kappa shape index (κ3) is 5.43. The van der Waals surface area contributed by atoms with Crippen molar-refractivity contribution in [1.82, 2.24) is 9.71 Å². The summed E-state index contributed by atoms with van der Waals surface area (Å²) in [5, 5.41) is 0. The molecule has 0 spiro atoms. The highest BCUT2D eigenvalue weighted by molar-refractivity contribution is 7.89. The van der Waals surface area contributed by atoms with Crippen LogP contribution in [0.2, 0.25) is 0 Å². The number of halogens is 3. The molecule has 1 heterocycles. The summed E-state index contributed by atoms with van der Waals surface area (Å²) in [7, 11) is -3.82. The van der Waals surface area contributed by atoms with Gasteiger partial charge in [0.1, 0.15) is 0 Å². The highest BCUT2D eigenvalue weighted by Crippen LogP contribution is 2.21. The predicted molar refractivity (Wildman–Crippen MR) is 85.7 cm³/mol. The summed E-state index contributed by atoms with van der Waals surface area (Å²) in [6.07, 6.45) is -3.23. The molecular formula is C16H17F3N2O3S. The van der Waals surface area contributed by atoms with Gasteiger partial charge in [-0.1, -0.05) is 23.8 Å². The van der Waals surface area contributed by atoms with Crippen LogP contribution in [0.5, 0.6) is 5.88 Å². The van der Waals surface area contributed by atoms with Crippen molar-refractivity contribution in [3.63, 3.8) is 0 Å². The molecule has 0 saturated heterocycles. The van der Waals surface area contributed by atoms with Gasteiger partial charge in [0.15, 0.2) is 6.61 Å². The monoisotopic (exact) mass is 374 g/mol. The van der Waals surface area contributed by atoms with Gasteiger partial charge in [0.25, 0.3) is 0 Å². The van der Waals surface area contributed by atoms with Gasteiger partial charge in [-0.05, 0) is 31.5 Å². The average Bonchev–Trinajstić information content (AvgIpc) is 2.50. The van der Waals surface area contributed by atoms with Gasteiger partial charge >= 0.3 is 6.18 Å². The van der Waals surface area contributed by atoms with Crippen molar-refractivity contribution in [2.45, 2.75) is 31.5 Å². The number of sulfonamides is 1. The fourth-order valence-corrected chi connectivity index (χ4v) is 3.42. The number of hydrogen-bond acceptors (Lipinski definition) is 4. The topological polar surface area (TPSA) is 68.3 Å². The molecule has 0 amide bonds. The van der Waals surface area contributed by atoms with Gasteiger partial charge in [-0.25, -0.2) is 18.1 Å². The zero-order valence-corrected chi connectivity index (χ0v) is 14.4. The van der Waals surface area contributed by atoms with Crippen LogP contribution in [0.15, 0.2) is 41.4 Å². The Morgan fingerprint density at radius 2 is 1.92 bits per heavy atom. The SMILES string of the molecule is Cc1ccc(S(=O)(=O)NCc2cccnc2OCC(F)(F)F)c(C)c1. The molecule has 0 radical (unpaired) electrons. The summed E-state index contributed by atoms with van der Waals surface area (Å²) >= 11 is 0. The molecule has 0 unspecified atom stereocenters. The number of alkyl halides is 3. The van der Waals surface area contributed by atoms with Crippen LogP contribution >= 0.6 is 0 Å². The van der Waals surface area contributed by atoms with E-state index in [0.717, 1.165) is 5.56 Å². The molecule has 2 aromatic rings. The Bertz CT molecular complexity index is 852. The number of nitrogens with one attached hydrogen (secondary N) is 1. The number of rotatable bonds is 6. The van der Waals surface area contributed by atoms with Crippen LogP contribution in [0, 0.1) is 13.8 Å². The highest BCUT2D eigenvalue weighted by atomic mass is 32.2. The van der Waals surface area contributed by atoms with Crippen LogP contribution in [0.3, 0.4) is 0 Å². The maximum Gasteiger partial charge on any atom is 0.422 e. The molecule has 5 nitrogen and oxygen atoms in total. The Balaban J connectivity index is 2.15. The standard InChI is InChI=1S/C16H17F3N2O3S/c1-11-5-6-14(12(2)8-11)25(22,23)21-9-13-4-3-7-20-15(13)24-10-16(17,18)19/h3-8,21H,9-10H2,1-2H3. The van der Waals surface area contributed by atoms with Crippen molar-refractivity contribution in [3.8, 4) is 5.88 Å². The number of aryl methyl sites for hydroxylation is 2. The van der Waals surface area contributed by atoms with Crippen molar-refractivity contribution in [2.24, 2.45) is 0 Å². The largest absolute Gasteiger partial charge is 0.468 e. The van der Waals surface area contributed by atoms with E-state index in [1.54, 1.807) is 19.1 Å². The molecule has 0 aliphatic rings. The van der Waals surface area contributed by atoms with Crippen LogP contribution in [0.4, 0.5) is 13.2 Å². The molecule has 0 aliphatic carbocycles. The summed E-state index contributed by atoms with van der Waals surface area (Å²) in [4.78, 5) is 3.84. The first-order chi connectivity index (χ1) is 11.6. The highest BCUT2D eigenvalue weighted by Gasteiger charge is 2.29. The Hall–Kier alpha value is -2.13. The maximum atomic E-state index is 12.4. The van der Waals surface area contributed by atoms with Crippen molar-refractivity contribution in [3.05, 3.63) is 53.2 Å². The van der Waals surface area contributed by atoms with Crippen molar-refractivity contribution in [2.75, 3.05) is 6.61 Å². The van der Waals surface area contributed by atoms with Gasteiger partial charge in [0.05, 0.1) is 4.90 Å². The van der Waals surface area contributed by atoms with Crippen LogP contribution in [-0.4, -0.2) is 26.2 Å². The number of ether oxygens (including phenoxy) is 1. The molecule has 2 rings (SSSR count). The third-order valence-electron chi connectivity index (χ3n) is 3.30. The molecule has 0 saturated carbocycles. The molecule has 1 N–H and O–H groups in total. The minimum Gasteiger partial charge on any atom is -0.468 e. The third-order valence-corrected chi connectivity index (χ3v) is 4.86. The van der Waals surface area contributed by atoms with Gasteiger partial charge < -0.3 is 4.74 Å². The van der Waals surface area contributed by atoms with Gasteiger partial charge in [-0.15, -0.1) is 0 Å². The fraction of sp³-hybridized carbons (Fsp3) is 0.312. The Morgan fingerprint density at radius 1 is 1.20 bits per heavy atom. The van der Waals surface area contributed by atoms with E-state index in [1.807, 2.05) is 6.92 Å². The van der Waals surface area contributed by atoms with Crippen molar-refractivity contribution < 1.29 is 26.3 Å². The molecule has 9 heteroatoms. The smallest absolute Gasteiger partial charge is 0.422 e. The second-order valence-corrected chi connectivity index (χ2v) is 7.20. The molecule has 1 aromatic carbocycles. The van der Waals surface area contributed by atoms with Crippen LogP contribution in [0.1, 0.15) is 16.7 Å².